The third kappa shape index (κ3) is 4.32. The first-order chi connectivity index (χ1) is 9.97. The van der Waals surface area contributed by atoms with Crippen LogP contribution < -0.4 is 4.74 Å². The lowest BCUT2D eigenvalue weighted by Crippen LogP contribution is -2.11. The Morgan fingerprint density at radius 2 is 1.71 bits per heavy atom. The van der Waals surface area contributed by atoms with Gasteiger partial charge in [-0.15, -0.1) is 0 Å². The van der Waals surface area contributed by atoms with Gasteiger partial charge in [0.2, 0.25) is 0 Å². The molecule has 21 heavy (non-hydrogen) atoms. The lowest BCUT2D eigenvalue weighted by molar-refractivity contribution is 0.301. The van der Waals surface area contributed by atoms with Gasteiger partial charge in [-0.1, -0.05) is 40.2 Å². The van der Waals surface area contributed by atoms with Crippen molar-refractivity contribution in [1.82, 2.24) is 4.90 Å². The first-order valence-corrected chi connectivity index (χ1v) is 7.87. The molecule has 0 saturated heterocycles. The number of ether oxygens (including phenoxy) is 1. The summed E-state index contributed by atoms with van der Waals surface area (Å²) in [5.74, 6) is 0.988. The Kier molecular flexibility index (Phi) is 5.43. The Morgan fingerprint density at radius 3 is 2.33 bits per heavy atom. The van der Waals surface area contributed by atoms with Gasteiger partial charge in [0.05, 0.1) is 0 Å². The molecule has 0 unspecified atom stereocenters. The minimum atomic E-state index is 0.577. The van der Waals surface area contributed by atoms with Gasteiger partial charge in [0.15, 0.2) is 0 Å². The molecule has 0 aliphatic rings. The summed E-state index contributed by atoms with van der Waals surface area (Å²) in [4.78, 5) is 2.17. The van der Waals surface area contributed by atoms with E-state index in [1.807, 2.05) is 0 Å². The molecule has 0 saturated carbocycles. The number of rotatable bonds is 5. The van der Waals surface area contributed by atoms with Gasteiger partial charge in [0.25, 0.3) is 0 Å². The predicted molar refractivity (Wildman–Crippen MR) is 91.8 cm³/mol. The van der Waals surface area contributed by atoms with Crippen LogP contribution in [0.1, 0.15) is 22.3 Å². The lowest BCUT2D eigenvalue weighted by Gasteiger charge is -2.15. The average Bonchev–Trinajstić information content (AvgIpc) is 2.41. The second kappa shape index (κ2) is 7.10. The molecule has 0 bridgehead atoms. The summed E-state index contributed by atoms with van der Waals surface area (Å²) in [5, 5.41) is 0. The summed E-state index contributed by atoms with van der Waals surface area (Å²) < 4.78 is 7.14. The molecular formula is C18H22BrNO. The van der Waals surface area contributed by atoms with E-state index in [4.69, 9.17) is 4.74 Å². The minimum absolute atomic E-state index is 0.577. The number of hydrogen-bond acceptors (Lipinski definition) is 2. The van der Waals surface area contributed by atoms with Gasteiger partial charge in [-0.2, -0.15) is 0 Å². The molecule has 0 fully saturated rings. The van der Waals surface area contributed by atoms with Gasteiger partial charge >= 0.3 is 0 Å². The number of aryl methyl sites for hydroxylation is 2. The Balaban J connectivity index is 2.16. The van der Waals surface area contributed by atoms with Crippen LogP contribution in [0.4, 0.5) is 0 Å². The molecule has 0 radical (unpaired) electrons. The van der Waals surface area contributed by atoms with Crippen molar-refractivity contribution in [3.05, 3.63) is 63.1 Å². The Labute approximate surface area is 135 Å². The molecule has 112 valence electrons. The van der Waals surface area contributed by atoms with Crippen molar-refractivity contribution in [2.24, 2.45) is 0 Å². The predicted octanol–water partition coefficient (Wildman–Crippen LogP) is 4.71. The molecule has 0 aliphatic carbocycles. The summed E-state index contributed by atoms with van der Waals surface area (Å²) in [7, 11) is 4.16. The number of nitrogens with zero attached hydrogens (tertiary/aromatic N) is 1. The molecule has 0 heterocycles. The molecule has 2 nitrogen and oxygen atoms in total. The van der Waals surface area contributed by atoms with Gasteiger partial charge in [0.1, 0.15) is 12.4 Å². The highest BCUT2D eigenvalue weighted by molar-refractivity contribution is 9.10. The molecule has 0 aromatic heterocycles. The molecular weight excluding hydrogens is 326 g/mol. The summed E-state index contributed by atoms with van der Waals surface area (Å²) in [6.07, 6.45) is 0. The highest BCUT2D eigenvalue weighted by Crippen LogP contribution is 2.26. The molecule has 0 N–H and O–H groups in total. The zero-order chi connectivity index (χ0) is 15.4. The quantitative estimate of drug-likeness (QED) is 0.776. The second-order valence-electron chi connectivity index (χ2n) is 5.67. The van der Waals surface area contributed by atoms with E-state index in [1.54, 1.807) is 0 Å². The van der Waals surface area contributed by atoms with E-state index in [2.05, 4.69) is 85.2 Å². The molecule has 0 atom stereocenters. The topological polar surface area (TPSA) is 12.5 Å². The van der Waals surface area contributed by atoms with Crippen molar-refractivity contribution in [3.63, 3.8) is 0 Å². The number of benzene rings is 2. The van der Waals surface area contributed by atoms with Crippen LogP contribution >= 0.6 is 15.9 Å². The van der Waals surface area contributed by atoms with E-state index in [0.29, 0.717) is 6.61 Å². The van der Waals surface area contributed by atoms with Crippen LogP contribution in [0.2, 0.25) is 0 Å². The molecule has 2 aromatic rings. The van der Waals surface area contributed by atoms with Gasteiger partial charge in [-0.05, 0) is 56.8 Å². The van der Waals surface area contributed by atoms with Crippen LogP contribution in [-0.4, -0.2) is 19.0 Å². The van der Waals surface area contributed by atoms with E-state index in [0.717, 1.165) is 16.8 Å². The smallest absolute Gasteiger partial charge is 0.125 e. The maximum Gasteiger partial charge on any atom is 0.125 e. The maximum atomic E-state index is 6.05. The standard InChI is InChI=1S/C18H22BrNO/c1-13-6-5-7-14(2)18(13)21-12-16-10-15(11-20(3)4)8-9-17(16)19/h5-10H,11-12H2,1-4H3. The van der Waals surface area contributed by atoms with Gasteiger partial charge in [-0.25, -0.2) is 0 Å². The Hall–Kier alpha value is -1.32. The average molecular weight is 348 g/mol. The van der Waals surface area contributed by atoms with Crippen molar-refractivity contribution in [1.29, 1.82) is 0 Å². The van der Waals surface area contributed by atoms with Crippen molar-refractivity contribution in [2.45, 2.75) is 27.0 Å². The van der Waals surface area contributed by atoms with E-state index in [9.17, 15) is 0 Å². The van der Waals surface area contributed by atoms with Crippen LogP contribution in [0, 0.1) is 13.8 Å². The van der Waals surface area contributed by atoms with E-state index in [-0.39, 0.29) is 0 Å². The first-order valence-electron chi connectivity index (χ1n) is 7.08. The van der Waals surface area contributed by atoms with Crippen LogP contribution in [0.3, 0.4) is 0 Å². The second-order valence-corrected chi connectivity index (χ2v) is 6.53. The zero-order valence-electron chi connectivity index (χ0n) is 13.1. The fraction of sp³-hybridized carbons (Fsp3) is 0.333. The third-order valence-corrected chi connectivity index (χ3v) is 4.16. The number of para-hydroxylation sites is 1. The van der Waals surface area contributed by atoms with Crippen molar-refractivity contribution in [3.8, 4) is 5.75 Å². The summed E-state index contributed by atoms with van der Waals surface area (Å²) in [6.45, 7) is 5.68. The zero-order valence-corrected chi connectivity index (χ0v) is 14.7. The van der Waals surface area contributed by atoms with Gasteiger partial charge < -0.3 is 9.64 Å². The monoisotopic (exact) mass is 347 g/mol. The highest BCUT2D eigenvalue weighted by atomic mass is 79.9. The van der Waals surface area contributed by atoms with Crippen LogP contribution in [0.15, 0.2) is 40.9 Å². The fourth-order valence-electron chi connectivity index (χ4n) is 2.38. The molecule has 2 aromatic carbocycles. The van der Waals surface area contributed by atoms with Crippen molar-refractivity contribution in [2.75, 3.05) is 14.1 Å². The largest absolute Gasteiger partial charge is 0.488 e. The Morgan fingerprint density at radius 1 is 1.05 bits per heavy atom. The van der Waals surface area contributed by atoms with Crippen LogP contribution in [0.25, 0.3) is 0 Å². The lowest BCUT2D eigenvalue weighted by atomic mass is 10.1. The highest BCUT2D eigenvalue weighted by Gasteiger charge is 2.07. The molecule has 0 amide bonds. The van der Waals surface area contributed by atoms with Crippen LogP contribution in [-0.2, 0) is 13.2 Å². The van der Waals surface area contributed by atoms with Crippen molar-refractivity contribution >= 4 is 15.9 Å². The fourth-order valence-corrected chi connectivity index (χ4v) is 2.74. The van der Waals surface area contributed by atoms with E-state index < -0.39 is 0 Å². The normalized spacial score (nSPS) is 11.0. The van der Waals surface area contributed by atoms with Crippen LogP contribution in [0.5, 0.6) is 5.75 Å². The molecule has 2 rings (SSSR count). The molecule has 0 spiro atoms. The maximum absolute atomic E-state index is 6.05. The summed E-state index contributed by atoms with van der Waals surface area (Å²) in [6, 6.07) is 12.7. The van der Waals surface area contributed by atoms with E-state index >= 15 is 0 Å². The molecule has 3 heteroatoms. The minimum Gasteiger partial charge on any atom is -0.488 e. The van der Waals surface area contributed by atoms with Crippen molar-refractivity contribution < 1.29 is 4.74 Å². The Bertz CT molecular complexity index is 602. The third-order valence-electron chi connectivity index (χ3n) is 3.39. The first kappa shape index (κ1) is 16.1. The summed E-state index contributed by atoms with van der Waals surface area (Å²) >= 11 is 3.61. The van der Waals surface area contributed by atoms with E-state index in [1.165, 1.54) is 22.3 Å². The molecule has 0 aliphatic heterocycles. The number of halogens is 1. The van der Waals surface area contributed by atoms with Gasteiger partial charge in [-0.3, -0.25) is 0 Å². The number of hydrogen-bond donors (Lipinski definition) is 0. The SMILES string of the molecule is Cc1cccc(C)c1OCc1cc(CN(C)C)ccc1Br. The van der Waals surface area contributed by atoms with Gasteiger partial charge in [0, 0.05) is 16.6 Å². The summed E-state index contributed by atoms with van der Waals surface area (Å²) in [5.41, 5.74) is 4.83.